The summed E-state index contributed by atoms with van der Waals surface area (Å²) in [4.78, 5) is 5.03. The van der Waals surface area contributed by atoms with E-state index in [1.807, 2.05) is 0 Å². The van der Waals surface area contributed by atoms with Crippen molar-refractivity contribution < 1.29 is 5.11 Å². The van der Waals surface area contributed by atoms with Crippen LogP contribution in [0, 0.1) is 0 Å². The zero-order chi connectivity index (χ0) is 13.9. The van der Waals surface area contributed by atoms with E-state index in [0.717, 1.165) is 25.4 Å². The molecule has 0 spiro atoms. The van der Waals surface area contributed by atoms with Crippen molar-refractivity contribution in [3.05, 3.63) is 0 Å². The lowest BCUT2D eigenvalue weighted by Gasteiger charge is -2.39. The average molecular weight is 269 g/mol. The molecule has 4 heteroatoms. The molecule has 0 amide bonds. The minimum Gasteiger partial charge on any atom is -0.394 e. The topological polar surface area (TPSA) is 38.7 Å². The predicted molar refractivity (Wildman–Crippen MR) is 79.4 cm³/mol. The summed E-state index contributed by atoms with van der Waals surface area (Å²) in [6, 6.07) is 1.37. The number of aliphatic hydroxyl groups is 1. The third-order valence-electron chi connectivity index (χ3n) is 5.28. The fraction of sp³-hybridized carbons (Fsp3) is 1.00. The fourth-order valence-corrected chi connectivity index (χ4v) is 3.88. The number of nitrogens with one attached hydrogen (secondary N) is 1. The highest BCUT2D eigenvalue weighted by Crippen LogP contribution is 2.34. The van der Waals surface area contributed by atoms with Crippen LogP contribution in [0.25, 0.3) is 0 Å². The number of likely N-dealkylation sites (N-methyl/N-ethyl adjacent to an activating group) is 1. The number of hydrogen-bond acceptors (Lipinski definition) is 4. The molecule has 0 aromatic rings. The Morgan fingerprint density at radius 3 is 2.53 bits per heavy atom. The average Bonchev–Trinajstić information content (AvgIpc) is 2.84. The minimum absolute atomic E-state index is 0.0147. The van der Waals surface area contributed by atoms with Crippen LogP contribution in [0.5, 0.6) is 0 Å². The molecule has 112 valence electrons. The molecule has 19 heavy (non-hydrogen) atoms. The Hall–Kier alpha value is -0.160. The van der Waals surface area contributed by atoms with Gasteiger partial charge in [0.1, 0.15) is 0 Å². The normalized spacial score (nSPS) is 34.3. The summed E-state index contributed by atoms with van der Waals surface area (Å²) in [6.07, 6.45) is 6.00. The van der Waals surface area contributed by atoms with Crippen LogP contribution in [0.4, 0.5) is 0 Å². The molecule has 1 aliphatic carbocycles. The summed E-state index contributed by atoms with van der Waals surface area (Å²) in [5.41, 5.74) is -0.0147. The van der Waals surface area contributed by atoms with Gasteiger partial charge in [-0.3, -0.25) is 0 Å². The number of aliphatic hydroxyl groups excluding tert-OH is 1. The van der Waals surface area contributed by atoms with Crippen LogP contribution < -0.4 is 5.32 Å². The maximum Gasteiger partial charge on any atom is 0.0613 e. The lowest BCUT2D eigenvalue weighted by Crippen LogP contribution is -2.49. The van der Waals surface area contributed by atoms with Gasteiger partial charge in [0.15, 0.2) is 0 Å². The van der Waals surface area contributed by atoms with Crippen molar-refractivity contribution >= 4 is 0 Å². The Morgan fingerprint density at radius 2 is 1.95 bits per heavy atom. The van der Waals surface area contributed by atoms with E-state index in [4.69, 9.17) is 0 Å². The van der Waals surface area contributed by atoms with Crippen molar-refractivity contribution in [2.45, 2.75) is 56.7 Å². The van der Waals surface area contributed by atoms with Crippen molar-refractivity contribution in [3.63, 3.8) is 0 Å². The molecular formula is C15H31N3O. The molecule has 4 nitrogen and oxygen atoms in total. The molecule has 1 aliphatic heterocycles. The van der Waals surface area contributed by atoms with Gasteiger partial charge >= 0.3 is 0 Å². The second kappa shape index (κ2) is 6.53. The first-order valence-electron chi connectivity index (χ1n) is 7.86. The maximum absolute atomic E-state index is 9.70. The molecule has 2 aliphatic rings. The number of nitrogens with zero attached hydrogens (tertiary/aromatic N) is 2. The zero-order valence-corrected chi connectivity index (χ0v) is 12.9. The molecule has 2 unspecified atom stereocenters. The number of likely N-dealkylation sites (tertiary alicyclic amines) is 1. The van der Waals surface area contributed by atoms with Crippen LogP contribution in [0.2, 0.25) is 0 Å². The van der Waals surface area contributed by atoms with Crippen molar-refractivity contribution in [1.82, 2.24) is 15.1 Å². The van der Waals surface area contributed by atoms with Gasteiger partial charge in [0.2, 0.25) is 0 Å². The predicted octanol–water partition coefficient (Wildman–Crippen LogP) is 0.906. The van der Waals surface area contributed by atoms with Crippen LogP contribution in [-0.2, 0) is 0 Å². The summed E-state index contributed by atoms with van der Waals surface area (Å²) >= 11 is 0. The molecule has 1 saturated heterocycles. The van der Waals surface area contributed by atoms with Gasteiger partial charge in [0.05, 0.1) is 6.61 Å². The first kappa shape index (κ1) is 15.2. The Balaban J connectivity index is 1.89. The van der Waals surface area contributed by atoms with Gasteiger partial charge in [-0.1, -0.05) is 6.92 Å². The summed E-state index contributed by atoms with van der Waals surface area (Å²) < 4.78 is 0. The number of piperidine rings is 1. The van der Waals surface area contributed by atoms with E-state index in [1.54, 1.807) is 0 Å². The molecule has 0 aromatic carbocycles. The molecule has 1 saturated carbocycles. The second-order valence-corrected chi connectivity index (χ2v) is 6.57. The first-order valence-corrected chi connectivity index (χ1v) is 7.86. The van der Waals surface area contributed by atoms with Crippen molar-refractivity contribution in [1.29, 1.82) is 0 Å². The SMILES string of the molecule is CCNC1(CO)CCC(N(C)C2CCN(C)CC2)C1. The first-order chi connectivity index (χ1) is 9.10. The van der Waals surface area contributed by atoms with E-state index in [9.17, 15) is 5.11 Å². The molecular weight excluding hydrogens is 238 g/mol. The summed E-state index contributed by atoms with van der Waals surface area (Å²) in [6.45, 7) is 5.80. The summed E-state index contributed by atoms with van der Waals surface area (Å²) in [5, 5.41) is 13.2. The molecule has 2 atom stereocenters. The monoisotopic (exact) mass is 269 g/mol. The van der Waals surface area contributed by atoms with Crippen molar-refractivity contribution in [2.24, 2.45) is 0 Å². The van der Waals surface area contributed by atoms with Gasteiger partial charge < -0.3 is 20.2 Å². The Kier molecular flexibility index (Phi) is 5.23. The van der Waals surface area contributed by atoms with E-state index in [0.29, 0.717) is 6.04 Å². The maximum atomic E-state index is 9.70. The lowest BCUT2D eigenvalue weighted by molar-refractivity contribution is 0.0974. The number of rotatable bonds is 5. The Morgan fingerprint density at radius 1 is 1.26 bits per heavy atom. The van der Waals surface area contributed by atoms with Gasteiger partial charge in [-0.25, -0.2) is 0 Å². The van der Waals surface area contributed by atoms with Gasteiger partial charge in [0, 0.05) is 17.6 Å². The largest absolute Gasteiger partial charge is 0.394 e. The molecule has 1 heterocycles. The van der Waals surface area contributed by atoms with E-state index in [2.05, 4.69) is 36.1 Å². The molecule has 2 rings (SSSR count). The van der Waals surface area contributed by atoms with E-state index >= 15 is 0 Å². The third kappa shape index (κ3) is 3.48. The van der Waals surface area contributed by atoms with Gasteiger partial charge in [-0.2, -0.15) is 0 Å². The van der Waals surface area contributed by atoms with E-state index in [1.165, 1.54) is 32.4 Å². The van der Waals surface area contributed by atoms with Crippen LogP contribution in [0.15, 0.2) is 0 Å². The second-order valence-electron chi connectivity index (χ2n) is 6.57. The standard InChI is InChI=1S/C15H31N3O/c1-4-16-15(12-19)8-5-14(11-15)18(3)13-6-9-17(2)10-7-13/h13-14,16,19H,4-12H2,1-3H3. The van der Waals surface area contributed by atoms with E-state index in [-0.39, 0.29) is 12.1 Å². The van der Waals surface area contributed by atoms with Crippen molar-refractivity contribution in [3.8, 4) is 0 Å². The molecule has 0 bridgehead atoms. The number of hydrogen-bond donors (Lipinski definition) is 2. The summed E-state index contributed by atoms with van der Waals surface area (Å²) in [7, 11) is 4.51. The smallest absolute Gasteiger partial charge is 0.0613 e. The highest BCUT2D eigenvalue weighted by Gasteiger charge is 2.40. The van der Waals surface area contributed by atoms with Crippen LogP contribution in [0.1, 0.15) is 39.0 Å². The highest BCUT2D eigenvalue weighted by molar-refractivity contribution is 5.00. The third-order valence-corrected chi connectivity index (χ3v) is 5.28. The van der Waals surface area contributed by atoms with Crippen molar-refractivity contribution in [2.75, 3.05) is 40.3 Å². The van der Waals surface area contributed by atoms with Crippen LogP contribution in [0.3, 0.4) is 0 Å². The molecule has 2 N–H and O–H groups in total. The van der Waals surface area contributed by atoms with Crippen LogP contribution in [-0.4, -0.2) is 72.9 Å². The minimum atomic E-state index is -0.0147. The summed E-state index contributed by atoms with van der Waals surface area (Å²) in [5.74, 6) is 0. The highest BCUT2D eigenvalue weighted by atomic mass is 16.3. The van der Waals surface area contributed by atoms with E-state index < -0.39 is 0 Å². The molecule has 0 aromatic heterocycles. The zero-order valence-electron chi connectivity index (χ0n) is 12.9. The van der Waals surface area contributed by atoms with Gasteiger partial charge in [-0.05, 0) is 65.8 Å². The quantitative estimate of drug-likeness (QED) is 0.778. The Bertz CT molecular complexity index is 279. The van der Waals surface area contributed by atoms with Crippen LogP contribution >= 0.6 is 0 Å². The molecule has 2 fully saturated rings. The lowest BCUT2D eigenvalue weighted by atomic mass is 9.97. The van der Waals surface area contributed by atoms with Gasteiger partial charge in [-0.15, -0.1) is 0 Å². The Labute approximate surface area is 118 Å². The van der Waals surface area contributed by atoms with Gasteiger partial charge in [0.25, 0.3) is 0 Å². The fourth-order valence-electron chi connectivity index (χ4n) is 3.88. The molecule has 0 radical (unpaired) electrons.